The highest BCUT2D eigenvalue weighted by atomic mass is 16.5. The molecule has 1 aliphatic rings. The minimum Gasteiger partial charge on any atom is -0.496 e. The van der Waals surface area contributed by atoms with Crippen molar-refractivity contribution in [2.45, 2.75) is 18.9 Å². The maximum atomic E-state index is 6.11. The van der Waals surface area contributed by atoms with Gasteiger partial charge in [-0.2, -0.15) is 0 Å². The van der Waals surface area contributed by atoms with Gasteiger partial charge in [0.25, 0.3) is 0 Å². The number of furan rings is 1. The number of nitrogens with two attached hydrogens (primary N) is 1. The molecule has 2 N–H and O–H groups in total. The van der Waals surface area contributed by atoms with Crippen LogP contribution >= 0.6 is 0 Å². The summed E-state index contributed by atoms with van der Waals surface area (Å²) < 4.78 is 18.9. The second-order valence-corrected chi connectivity index (χ2v) is 6.88. The van der Waals surface area contributed by atoms with Crippen LogP contribution in [0.25, 0.3) is 28.1 Å². The third kappa shape index (κ3) is 2.90. The molecule has 1 saturated carbocycles. The highest BCUT2D eigenvalue weighted by molar-refractivity contribution is 5.88. The Kier molecular flexibility index (Phi) is 3.75. The molecule has 138 valence electrons. The summed E-state index contributed by atoms with van der Waals surface area (Å²) >= 11 is 0. The van der Waals surface area contributed by atoms with Crippen LogP contribution in [0.2, 0.25) is 0 Å². The molecule has 7 heteroatoms. The first-order chi connectivity index (χ1) is 13.2. The molecule has 0 radical (unpaired) electrons. The molecule has 0 spiro atoms. The maximum absolute atomic E-state index is 6.11. The van der Waals surface area contributed by atoms with Crippen LogP contribution in [0.4, 0.5) is 0 Å². The van der Waals surface area contributed by atoms with Gasteiger partial charge in [-0.1, -0.05) is 6.07 Å². The predicted octanol–water partition coefficient (Wildman–Crippen LogP) is 3.27. The molecule has 27 heavy (non-hydrogen) atoms. The Morgan fingerprint density at radius 1 is 1.30 bits per heavy atom. The number of hydrogen-bond acceptors (Lipinski definition) is 6. The number of ether oxygens (including phenoxy) is 2. The molecule has 4 aromatic rings. The van der Waals surface area contributed by atoms with Crippen LogP contribution in [0, 0.1) is 5.92 Å². The van der Waals surface area contributed by atoms with Crippen LogP contribution in [-0.2, 0) is 0 Å². The fourth-order valence-corrected chi connectivity index (χ4v) is 3.28. The average molecular weight is 364 g/mol. The van der Waals surface area contributed by atoms with E-state index in [0.717, 1.165) is 28.1 Å². The summed E-state index contributed by atoms with van der Waals surface area (Å²) in [5.41, 5.74) is 8.33. The van der Waals surface area contributed by atoms with Gasteiger partial charge in [-0.15, -0.1) is 5.10 Å². The van der Waals surface area contributed by atoms with Gasteiger partial charge in [0.1, 0.15) is 23.6 Å². The van der Waals surface area contributed by atoms with Crippen LogP contribution in [0.1, 0.15) is 12.8 Å². The van der Waals surface area contributed by atoms with E-state index in [-0.39, 0.29) is 6.04 Å². The summed E-state index contributed by atoms with van der Waals surface area (Å²) in [4.78, 5) is 4.41. The van der Waals surface area contributed by atoms with Gasteiger partial charge in [-0.3, -0.25) is 0 Å². The fraction of sp³-hybridized carbons (Fsp3) is 0.300. The highest BCUT2D eigenvalue weighted by Gasteiger charge is 2.29. The second-order valence-electron chi connectivity index (χ2n) is 6.88. The summed E-state index contributed by atoms with van der Waals surface area (Å²) in [5, 5.41) is 5.47. The van der Waals surface area contributed by atoms with Gasteiger partial charge in [-0.25, -0.2) is 9.50 Å². The lowest BCUT2D eigenvalue weighted by Gasteiger charge is -2.11. The van der Waals surface area contributed by atoms with Crippen molar-refractivity contribution in [2.75, 3.05) is 13.7 Å². The minimum absolute atomic E-state index is 0.0626. The Labute approximate surface area is 155 Å². The number of benzene rings is 1. The first-order valence-corrected chi connectivity index (χ1v) is 9.03. The van der Waals surface area contributed by atoms with Crippen molar-refractivity contribution in [3.63, 3.8) is 0 Å². The quantitative estimate of drug-likeness (QED) is 0.565. The monoisotopic (exact) mass is 364 g/mol. The van der Waals surface area contributed by atoms with Crippen LogP contribution in [0.3, 0.4) is 0 Å². The summed E-state index contributed by atoms with van der Waals surface area (Å²) in [7, 11) is 1.65. The molecule has 3 heterocycles. The average Bonchev–Trinajstić information content (AvgIpc) is 3.32. The normalized spacial score (nSPS) is 15.3. The standard InChI is InChI=1S/C20H20N4O3/c1-25-16-3-2-4-17-13(16)9-18(27-17)15-10-22-19-7-8-20(23-24(15)19)26-11-14(21)12-5-6-12/h2-4,7-10,12,14H,5-6,11,21H2,1H3. The molecule has 1 atom stereocenters. The van der Waals surface area contributed by atoms with Crippen LogP contribution in [0.5, 0.6) is 11.6 Å². The molecule has 0 aliphatic heterocycles. The molecule has 1 unspecified atom stereocenters. The topological polar surface area (TPSA) is 87.8 Å². The SMILES string of the molecule is COc1cccc2oc(-c3cnc4ccc(OCC(N)C5CC5)nn34)cc12. The Balaban J connectivity index is 1.50. The molecule has 1 aromatic carbocycles. The van der Waals surface area contributed by atoms with E-state index in [4.69, 9.17) is 19.6 Å². The largest absolute Gasteiger partial charge is 0.496 e. The molecule has 0 amide bonds. The van der Waals surface area contributed by atoms with Gasteiger partial charge in [0, 0.05) is 12.1 Å². The number of methoxy groups -OCH3 is 1. The maximum Gasteiger partial charge on any atom is 0.231 e. The molecule has 1 aliphatic carbocycles. The van der Waals surface area contributed by atoms with E-state index in [2.05, 4.69) is 10.1 Å². The molecular formula is C20H20N4O3. The van der Waals surface area contributed by atoms with Gasteiger partial charge in [-0.05, 0) is 43.0 Å². The van der Waals surface area contributed by atoms with E-state index < -0.39 is 0 Å². The van der Waals surface area contributed by atoms with Gasteiger partial charge in [0.15, 0.2) is 11.4 Å². The number of nitrogens with zero attached hydrogens (tertiary/aromatic N) is 3. The molecule has 3 aromatic heterocycles. The van der Waals surface area contributed by atoms with Crippen LogP contribution < -0.4 is 15.2 Å². The van der Waals surface area contributed by atoms with Crippen molar-refractivity contribution in [2.24, 2.45) is 11.7 Å². The third-order valence-electron chi connectivity index (χ3n) is 4.98. The van der Waals surface area contributed by atoms with Gasteiger partial charge in [0.05, 0.1) is 18.7 Å². The molecule has 5 rings (SSSR count). The third-order valence-corrected chi connectivity index (χ3v) is 4.98. The summed E-state index contributed by atoms with van der Waals surface area (Å²) in [5.74, 6) is 2.54. The molecule has 0 saturated heterocycles. The summed E-state index contributed by atoms with van der Waals surface area (Å²) in [6, 6.07) is 11.4. The highest BCUT2D eigenvalue weighted by Crippen LogP contribution is 2.34. The number of fused-ring (bicyclic) bond motifs is 2. The first-order valence-electron chi connectivity index (χ1n) is 9.03. The Morgan fingerprint density at radius 3 is 3.00 bits per heavy atom. The van der Waals surface area contributed by atoms with Crippen LogP contribution in [0.15, 0.2) is 47.0 Å². The van der Waals surface area contributed by atoms with Crippen molar-refractivity contribution < 1.29 is 13.9 Å². The Hall–Kier alpha value is -3.06. The second kappa shape index (κ2) is 6.28. The number of rotatable bonds is 6. The molecule has 1 fully saturated rings. The number of imidazole rings is 1. The summed E-state index contributed by atoms with van der Waals surface area (Å²) in [6.07, 6.45) is 4.13. The lowest BCUT2D eigenvalue weighted by molar-refractivity contribution is 0.263. The van der Waals surface area contributed by atoms with E-state index in [0.29, 0.717) is 24.2 Å². The first kappa shape index (κ1) is 16.1. The van der Waals surface area contributed by atoms with Crippen molar-refractivity contribution >= 4 is 16.6 Å². The van der Waals surface area contributed by atoms with Gasteiger partial charge >= 0.3 is 0 Å². The Bertz CT molecular complexity index is 1110. The van der Waals surface area contributed by atoms with Crippen molar-refractivity contribution in [1.29, 1.82) is 0 Å². The fourth-order valence-electron chi connectivity index (χ4n) is 3.28. The molecular weight excluding hydrogens is 344 g/mol. The minimum atomic E-state index is 0.0626. The van der Waals surface area contributed by atoms with Crippen molar-refractivity contribution in [3.8, 4) is 23.1 Å². The smallest absolute Gasteiger partial charge is 0.231 e. The van der Waals surface area contributed by atoms with Crippen molar-refractivity contribution in [1.82, 2.24) is 14.6 Å². The number of hydrogen-bond donors (Lipinski definition) is 1. The molecule has 0 bridgehead atoms. The van der Waals surface area contributed by atoms with E-state index in [9.17, 15) is 0 Å². The van der Waals surface area contributed by atoms with E-state index in [1.165, 1.54) is 12.8 Å². The van der Waals surface area contributed by atoms with Gasteiger partial charge < -0.3 is 19.6 Å². The van der Waals surface area contributed by atoms with Gasteiger partial charge in [0.2, 0.25) is 5.88 Å². The predicted molar refractivity (Wildman–Crippen MR) is 101 cm³/mol. The van der Waals surface area contributed by atoms with E-state index in [1.54, 1.807) is 17.8 Å². The lowest BCUT2D eigenvalue weighted by Crippen LogP contribution is -2.30. The Morgan fingerprint density at radius 2 is 2.19 bits per heavy atom. The molecule has 7 nitrogen and oxygen atoms in total. The lowest BCUT2D eigenvalue weighted by atomic mass is 10.2. The zero-order chi connectivity index (χ0) is 18.4. The van der Waals surface area contributed by atoms with Crippen LogP contribution in [-0.4, -0.2) is 34.4 Å². The van der Waals surface area contributed by atoms with E-state index in [1.807, 2.05) is 36.4 Å². The summed E-state index contributed by atoms with van der Waals surface area (Å²) in [6.45, 7) is 0.467. The zero-order valence-corrected chi connectivity index (χ0v) is 15.0. The van der Waals surface area contributed by atoms with Crippen molar-refractivity contribution in [3.05, 3.63) is 42.6 Å². The van der Waals surface area contributed by atoms with E-state index >= 15 is 0 Å². The number of aromatic nitrogens is 3. The zero-order valence-electron chi connectivity index (χ0n) is 15.0.